The number of carbonyl (C=O) groups excluding carboxylic acids is 2. The highest BCUT2D eigenvalue weighted by atomic mass is 16.5. The molecule has 5 nitrogen and oxygen atoms in total. The number of amides is 2. The van der Waals surface area contributed by atoms with E-state index in [0.717, 1.165) is 24.9 Å². The molecule has 3 rings (SSSR count). The van der Waals surface area contributed by atoms with Crippen molar-refractivity contribution in [1.29, 1.82) is 0 Å². The maximum absolute atomic E-state index is 12.4. The summed E-state index contributed by atoms with van der Waals surface area (Å²) in [5.74, 6) is 0.293. The lowest BCUT2D eigenvalue weighted by atomic mass is 9.95. The number of ether oxygens (including phenoxy) is 1. The molecule has 29 heavy (non-hydrogen) atoms. The van der Waals surface area contributed by atoms with Crippen LogP contribution in [0.1, 0.15) is 61.9 Å². The zero-order valence-electron chi connectivity index (χ0n) is 17.2. The van der Waals surface area contributed by atoms with Crippen LogP contribution in [0.25, 0.3) is 0 Å². The summed E-state index contributed by atoms with van der Waals surface area (Å²) < 4.78 is 5.73. The highest BCUT2D eigenvalue weighted by Gasteiger charge is 2.18. The first-order chi connectivity index (χ1) is 14.0. The Balaban J connectivity index is 1.51. The molecule has 2 N–H and O–H groups in total. The molecule has 0 radical (unpaired) electrons. The van der Waals surface area contributed by atoms with E-state index in [9.17, 15) is 9.59 Å². The van der Waals surface area contributed by atoms with Crippen molar-refractivity contribution < 1.29 is 14.3 Å². The molecule has 1 aliphatic rings. The normalized spacial score (nSPS) is 15.4. The molecule has 0 bridgehead atoms. The number of benzene rings is 2. The molecule has 1 aliphatic carbocycles. The number of hydrogen-bond acceptors (Lipinski definition) is 3. The molecule has 0 heterocycles. The zero-order valence-corrected chi connectivity index (χ0v) is 17.2. The predicted octanol–water partition coefficient (Wildman–Crippen LogP) is 4.72. The maximum Gasteiger partial charge on any atom is 0.265 e. The second kappa shape index (κ2) is 10.1. The summed E-state index contributed by atoms with van der Waals surface area (Å²) in [5, 5.41) is 5.97. The van der Waals surface area contributed by atoms with Crippen LogP contribution in [0.15, 0.2) is 48.5 Å². The Morgan fingerprint density at radius 2 is 1.66 bits per heavy atom. The van der Waals surface area contributed by atoms with Gasteiger partial charge in [-0.3, -0.25) is 9.59 Å². The lowest BCUT2D eigenvalue weighted by Crippen LogP contribution is -2.36. The Hall–Kier alpha value is -2.82. The van der Waals surface area contributed by atoms with E-state index in [1.807, 2.05) is 24.3 Å². The van der Waals surface area contributed by atoms with Crippen LogP contribution in [-0.4, -0.2) is 24.0 Å². The van der Waals surface area contributed by atoms with Gasteiger partial charge < -0.3 is 15.4 Å². The van der Waals surface area contributed by atoms with E-state index in [-0.39, 0.29) is 17.9 Å². The average Bonchev–Trinajstić information content (AvgIpc) is 2.75. The molecule has 0 saturated heterocycles. The van der Waals surface area contributed by atoms with Gasteiger partial charge in [-0.25, -0.2) is 0 Å². The molecular weight excluding hydrogens is 364 g/mol. The van der Waals surface area contributed by atoms with Crippen molar-refractivity contribution in [2.75, 3.05) is 5.32 Å². The van der Waals surface area contributed by atoms with Gasteiger partial charge in [0.2, 0.25) is 0 Å². The minimum Gasteiger partial charge on any atom is -0.481 e. The Morgan fingerprint density at radius 3 is 2.28 bits per heavy atom. The van der Waals surface area contributed by atoms with Crippen molar-refractivity contribution in [1.82, 2.24) is 5.32 Å². The third-order valence-corrected chi connectivity index (χ3v) is 5.37. The molecular formula is C24H30N2O3. The van der Waals surface area contributed by atoms with Crippen molar-refractivity contribution in [2.24, 2.45) is 0 Å². The van der Waals surface area contributed by atoms with Crippen molar-refractivity contribution in [3.8, 4) is 5.75 Å². The number of hydrogen-bond donors (Lipinski definition) is 2. The average molecular weight is 395 g/mol. The first-order valence-corrected chi connectivity index (χ1v) is 10.5. The number of rotatable bonds is 7. The minimum atomic E-state index is -0.650. The number of anilines is 1. The van der Waals surface area contributed by atoms with Crippen LogP contribution in [0.2, 0.25) is 0 Å². The van der Waals surface area contributed by atoms with Gasteiger partial charge in [0.25, 0.3) is 11.8 Å². The second-order valence-corrected chi connectivity index (χ2v) is 7.63. The van der Waals surface area contributed by atoms with Crippen molar-refractivity contribution in [3.63, 3.8) is 0 Å². The van der Waals surface area contributed by atoms with Crippen molar-refractivity contribution in [3.05, 3.63) is 59.7 Å². The van der Waals surface area contributed by atoms with Crippen LogP contribution in [0, 0.1) is 0 Å². The standard InChI is InChI=1S/C24H30N2O3/c1-3-18-9-13-21(14-10-18)25-23(27)17(2)29-22-15-11-19(12-16-22)24(28)26-20-7-5-4-6-8-20/h9-17,20H,3-8H2,1-2H3,(H,25,27)(H,26,28)/t17-/m0/s1. The van der Waals surface area contributed by atoms with E-state index in [4.69, 9.17) is 4.74 Å². The van der Waals surface area contributed by atoms with Gasteiger partial charge in [-0.2, -0.15) is 0 Å². The number of carbonyl (C=O) groups is 2. The minimum absolute atomic E-state index is 0.0511. The monoisotopic (exact) mass is 394 g/mol. The largest absolute Gasteiger partial charge is 0.481 e. The maximum atomic E-state index is 12.4. The number of nitrogens with one attached hydrogen (secondary N) is 2. The molecule has 2 aromatic carbocycles. The molecule has 1 atom stereocenters. The van der Waals surface area contributed by atoms with E-state index in [0.29, 0.717) is 11.3 Å². The van der Waals surface area contributed by atoms with Gasteiger partial charge in [-0.15, -0.1) is 0 Å². The molecule has 5 heteroatoms. The summed E-state index contributed by atoms with van der Waals surface area (Å²) in [6.45, 7) is 3.80. The van der Waals surface area contributed by atoms with Crippen LogP contribution in [0.3, 0.4) is 0 Å². The second-order valence-electron chi connectivity index (χ2n) is 7.63. The van der Waals surface area contributed by atoms with E-state index in [1.165, 1.54) is 24.8 Å². The first kappa shape index (κ1) is 20.9. The van der Waals surface area contributed by atoms with Crippen molar-refractivity contribution in [2.45, 2.75) is 64.5 Å². The van der Waals surface area contributed by atoms with Gasteiger partial charge in [-0.1, -0.05) is 38.3 Å². The highest BCUT2D eigenvalue weighted by molar-refractivity contribution is 5.95. The van der Waals surface area contributed by atoms with Gasteiger partial charge in [0.05, 0.1) is 0 Å². The molecule has 0 aromatic heterocycles. The zero-order chi connectivity index (χ0) is 20.6. The van der Waals surface area contributed by atoms with E-state index < -0.39 is 6.10 Å². The molecule has 1 saturated carbocycles. The van der Waals surface area contributed by atoms with Crippen LogP contribution in [-0.2, 0) is 11.2 Å². The van der Waals surface area contributed by atoms with E-state index >= 15 is 0 Å². The van der Waals surface area contributed by atoms with Gasteiger partial charge in [0.15, 0.2) is 6.10 Å². The lowest BCUT2D eigenvalue weighted by molar-refractivity contribution is -0.122. The molecule has 2 amide bonds. The molecule has 1 fully saturated rings. The summed E-state index contributed by atoms with van der Waals surface area (Å²) in [7, 11) is 0. The summed E-state index contributed by atoms with van der Waals surface area (Å²) in [6, 6.07) is 15.0. The summed E-state index contributed by atoms with van der Waals surface area (Å²) in [6.07, 6.45) is 6.04. The van der Waals surface area contributed by atoms with Crippen LogP contribution in [0.5, 0.6) is 5.75 Å². The van der Waals surface area contributed by atoms with E-state index in [1.54, 1.807) is 31.2 Å². The topological polar surface area (TPSA) is 67.4 Å². The highest BCUT2D eigenvalue weighted by Crippen LogP contribution is 2.19. The Labute approximate surface area is 172 Å². The fraction of sp³-hybridized carbons (Fsp3) is 0.417. The molecule has 154 valence electrons. The quantitative estimate of drug-likeness (QED) is 0.714. The summed E-state index contributed by atoms with van der Waals surface area (Å²) >= 11 is 0. The molecule has 0 aliphatic heterocycles. The van der Waals surface area contributed by atoms with Gasteiger partial charge in [0.1, 0.15) is 5.75 Å². The Bertz CT molecular complexity index is 809. The fourth-order valence-corrected chi connectivity index (χ4v) is 3.53. The molecule has 0 unspecified atom stereocenters. The van der Waals surface area contributed by atoms with Crippen LogP contribution < -0.4 is 15.4 Å². The van der Waals surface area contributed by atoms with Gasteiger partial charge >= 0.3 is 0 Å². The third kappa shape index (κ3) is 6.08. The van der Waals surface area contributed by atoms with Gasteiger partial charge in [0, 0.05) is 17.3 Å². The van der Waals surface area contributed by atoms with Crippen LogP contribution >= 0.6 is 0 Å². The van der Waals surface area contributed by atoms with Crippen molar-refractivity contribution >= 4 is 17.5 Å². The first-order valence-electron chi connectivity index (χ1n) is 10.5. The lowest BCUT2D eigenvalue weighted by Gasteiger charge is -2.22. The SMILES string of the molecule is CCc1ccc(NC(=O)[C@H](C)Oc2ccc(C(=O)NC3CCCCC3)cc2)cc1. The Morgan fingerprint density at radius 1 is 1.00 bits per heavy atom. The molecule has 0 spiro atoms. The van der Waals surface area contributed by atoms with Gasteiger partial charge in [-0.05, 0) is 68.1 Å². The smallest absolute Gasteiger partial charge is 0.265 e. The van der Waals surface area contributed by atoms with E-state index in [2.05, 4.69) is 17.6 Å². The number of aryl methyl sites for hydroxylation is 1. The predicted molar refractivity (Wildman–Crippen MR) is 115 cm³/mol. The summed E-state index contributed by atoms with van der Waals surface area (Å²) in [4.78, 5) is 24.8. The summed E-state index contributed by atoms with van der Waals surface area (Å²) in [5.41, 5.74) is 2.58. The third-order valence-electron chi connectivity index (χ3n) is 5.37. The molecule has 2 aromatic rings. The van der Waals surface area contributed by atoms with Crippen LogP contribution in [0.4, 0.5) is 5.69 Å². The Kier molecular flexibility index (Phi) is 7.28. The fourth-order valence-electron chi connectivity index (χ4n) is 3.53.